The molecule has 0 aliphatic heterocycles. The van der Waals surface area contributed by atoms with E-state index < -0.39 is 10.0 Å². The van der Waals surface area contributed by atoms with Crippen molar-refractivity contribution in [3.8, 4) is 0 Å². The predicted octanol–water partition coefficient (Wildman–Crippen LogP) is 2.77. The van der Waals surface area contributed by atoms with Crippen molar-refractivity contribution in [3.63, 3.8) is 0 Å². The first-order valence-corrected chi connectivity index (χ1v) is 10.1. The molecule has 1 saturated carbocycles. The highest BCUT2D eigenvalue weighted by Crippen LogP contribution is 2.42. The monoisotopic (exact) mass is 364 g/mol. The second kappa shape index (κ2) is 6.66. The fourth-order valence-corrected chi connectivity index (χ4v) is 4.66. The van der Waals surface area contributed by atoms with Crippen molar-refractivity contribution in [2.75, 3.05) is 7.05 Å². The smallest absolute Gasteiger partial charge is 0.261 e. The average molecular weight is 364 g/mol. The number of rotatable bonds is 6. The van der Waals surface area contributed by atoms with Crippen molar-refractivity contribution < 1.29 is 13.2 Å². The standard InChI is InChI=1S/C17H20N2O3S2/c1-11-3-4-13(14(9-11)12-5-6-12)10-19-17(20)15-7-8-16(23-15)24(21,22)18-2/h3-4,7-9,12,18H,5-6,10H2,1-2H3,(H,19,20). The second-order valence-electron chi connectivity index (χ2n) is 5.99. The van der Waals surface area contributed by atoms with Crippen LogP contribution in [0, 0.1) is 6.92 Å². The molecule has 0 unspecified atom stereocenters. The Balaban J connectivity index is 1.70. The number of thiophene rings is 1. The molecule has 0 radical (unpaired) electrons. The Morgan fingerprint density at radius 3 is 2.67 bits per heavy atom. The van der Waals surface area contributed by atoms with Crippen molar-refractivity contribution in [1.82, 2.24) is 10.0 Å². The van der Waals surface area contributed by atoms with Gasteiger partial charge in [-0.3, -0.25) is 4.79 Å². The van der Waals surface area contributed by atoms with Crippen molar-refractivity contribution >= 4 is 27.3 Å². The minimum atomic E-state index is -3.50. The van der Waals surface area contributed by atoms with Gasteiger partial charge in [0, 0.05) is 6.54 Å². The average Bonchev–Trinajstić information content (AvgIpc) is 3.28. The summed E-state index contributed by atoms with van der Waals surface area (Å²) >= 11 is 0.970. The van der Waals surface area contributed by atoms with Crippen LogP contribution in [-0.2, 0) is 16.6 Å². The highest BCUT2D eigenvalue weighted by atomic mass is 32.2. The molecule has 2 N–H and O–H groups in total. The molecule has 5 nitrogen and oxygen atoms in total. The number of carbonyl (C=O) groups excluding carboxylic acids is 1. The zero-order chi connectivity index (χ0) is 17.3. The lowest BCUT2D eigenvalue weighted by Gasteiger charge is -2.11. The van der Waals surface area contributed by atoms with Crippen molar-refractivity contribution in [1.29, 1.82) is 0 Å². The van der Waals surface area contributed by atoms with Crippen LogP contribution < -0.4 is 10.0 Å². The summed E-state index contributed by atoms with van der Waals surface area (Å²) in [6.45, 7) is 2.53. The van der Waals surface area contributed by atoms with Crippen LogP contribution in [0.3, 0.4) is 0 Å². The summed E-state index contributed by atoms with van der Waals surface area (Å²) in [4.78, 5) is 12.7. The van der Waals surface area contributed by atoms with Crippen LogP contribution in [0.1, 0.15) is 45.1 Å². The van der Waals surface area contributed by atoms with Crippen molar-refractivity contribution in [3.05, 3.63) is 51.9 Å². The molecule has 1 aliphatic carbocycles. The van der Waals surface area contributed by atoms with Crippen LogP contribution >= 0.6 is 11.3 Å². The fourth-order valence-electron chi connectivity index (χ4n) is 2.60. The van der Waals surface area contributed by atoms with E-state index in [0.717, 1.165) is 16.9 Å². The molecule has 1 aromatic carbocycles. The van der Waals surface area contributed by atoms with E-state index in [-0.39, 0.29) is 10.1 Å². The van der Waals surface area contributed by atoms with E-state index in [0.29, 0.717) is 17.3 Å². The number of amides is 1. The number of carbonyl (C=O) groups is 1. The van der Waals surface area contributed by atoms with Crippen LogP contribution in [0.4, 0.5) is 0 Å². The first-order chi connectivity index (χ1) is 11.4. The molecule has 3 rings (SSSR count). The van der Waals surface area contributed by atoms with Crippen LogP contribution in [-0.4, -0.2) is 21.4 Å². The summed E-state index contributed by atoms with van der Waals surface area (Å²) < 4.78 is 25.9. The van der Waals surface area contributed by atoms with Crippen LogP contribution in [0.5, 0.6) is 0 Å². The fraction of sp³-hybridized carbons (Fsp3) is 0.353. The molecule has 24 heavy (non-hydrogen) atoms. The SMILES string of the molecule is CNS(=O)(=O)c1ccc(C(=O)NCc2ccc(C)cc2C2CC2)s1. The van der Waals surface area contributed by atoms with Gasteiger partial charge in [0.15, 0.2) is 0 Å². The Labute approximate surface area is 146 Å². The molecular weight excluding hydrogens is 344 g/mol. The summed E-state index contributed by atoms with van der Waals surface area (Å²) in [6.07, 6.45) is 2.42. The van der Waals surface area contributed by atoms with E-state index >= 15 is 0 Å². The predicted molar refractivity (Wildman–Crippen MR) is 94.9 cm³/mol. The van der Waals surface area contributed by atoms with Gasteiger partial charge in [0.2, 0.25) is 10.0 Å². The minimum absolute atomic E-state index is 0.143. The highest BCUT2D eigenvalue weighted by Gasteiger charge is 2.26. The van der Waals surface area contributed by atoms with Gasteiger partial charge in [-0.15, -0.1) is 11.3 Å². The van der Waals surface area contributed by atoms with Gasteiger partial charge in [-0.1, -0.05) is 23.8 Å². The Morgan fingerprint density at radius 1 is 1.25 bits per heavy atom. The maximum atomic E-state index is 12.3. The zero-order valence-electron chi connectivity index (χ0n) is 13.6. The summed E-state index contributed by atoms with van der Waals surface area (Å²) in [6, 6.07) is 9.31. The van der Waals surface area contributed by atoms with Gasteiger partial charge >= 0.3 is 0 Å². The van der Waals surface area contributed by atoms with E-state index in [2.05, 4.69) is 35.2 Å². The molecule has 128 valence electrons. The minimum Gasteiger partial charge on any atom is -0.347 e. The molecule has 0 saturated heterocycles. The lowest BCUT2D eigenvalue weighted by molar-refractivity contribution is 0.0955. The van der Waals surface area contributed by atoms with E-state index in [9.17, 15) is 13.2 Å². The molecule has 0 spiro atoms. The summed E-state index contributed by atoms with van der Waals surface area (Å²) in [5.74, 6) is 0.366. The molecule has 1 aliphatic rings. The number of sulfonamides is 1. The Bertz CT molecular complexity index is 868. The number of aryl methyl sites for hydroxylation is 1. The van der Waals surface area contributed by atoms with Gasteiger partial charge in [0.05, 0.1) is 4.88 Å². The zero-order valence-corrected chi connectivity index (χ0v) is 15.3. The Hall–Kier alpha value is -1.70. The van der Waals surface area contributed by atoms with E-state index in [4.69, 9.17) is 0 Å². The highest BCUT2D eigenvalue weighted by molar-refractivity contribution is 7.91. The van der Waals surface area contributed by atoms with E-state index in [1.54, 1.807) is 6.07 Å². The third-order valence-corrected chi connectivity index (χ3v) is 7.09. The topological polar surface area (TPSA) is 75.3 Å². The number of nitrogens with one attached hydrogen (secondary N) is 2. The van der Waals surface area contributed by atoms with E-state index in [1.807, 2.05) is 0 Å². The number of benzene rings is 1. The summed E-state index contributed by atoms with van der Waals surface area (Å²) in [5.41, 5.74) is 3.68. The first kappa shape index (κ1) is 17.1. The van der Waals surface area contributed by atoms with Crippen molar-refractivity contribution in [2.45, 2.75) is 36.4 Å². The van der Waals surface area contributed by atoms with Crippen LogP contribution in [0.15, 0.2) is 34.5 Å². The van der Waals surface area contributed by atoms with Gasteiger partial charge < -0.3 is 5.32 Å². The molecule has 1 amide bonds. The van der Waals surface area contributed by atoms with Crippen LogP contribution in [0.25, 0.3) is 0 Å². The van der Waals surface area contributed by atoms with Crippen LogP contribution in [0.2, 0.25) is 0 Å². The van der Waals surface area contributed by atoms with Gasteiger partial charge in [-0.2, -0.15) is 0 Å². The van der Waals surface area contributed by atoms with Gasteiger partial charge in [0.1, 0.15) is 4.21 Å². The molecule has 1 fully saturated rings. The quantitative estimate of drug-likeness (QED) is 0.828. The molecular formula is C17H20N2O3S2. The third-order valence-electron chi connectivity index (χ3n) is 4.10. The summed E-state index contributed by atoms with van der Waals surface area (Å²) in [5, 5.41) is 2.90. The maximum Gasteiger partial charge on any atom is 0.261 e. The lowest BCUT2D eigenvalue weighted by atomic mass is 10.0. The molecule has 1 aromatic heterocycles. The normalized spacial score (nSPS) is 14.6. The van der Waals surface area contributed by atoms with Gasteiger partial charge in [-0.05, 0) is 56.0 Å². The number of hydrogen-bond acceptors (Lipinski definition) is 4. The molecule has 0 atom stereocenters. The largest absolute Gasteiger partial charge is 0.347 e. The summed E-state index contributed by atoms with van der Waals surface area (Å²) in [7, 11) is -2.15. The molecule has 2 aromatic rings. The second-order valence-corrected chi connectivity index (χ2v) is 9.18. The lowest BCUT2D eigenvalue weighted by Crippen LogP contribution is -2.22. The molecule has 7 heteroatoms. The Kier molecular flexibility index (Phi) is 4.76. The molecule has 0 bridgehead atoms. The third kappa shape index (κ3) is 3.68. The number of hydrogen-bond donors (Lipinski definition) is 2. The van der Waals surface area contributed by atoms with E-state index in [1.165, 1.54) is 37.1 Å². The van der Waals surface area contributed by atoms with Crippen molar-refractivity contribution in [2.24, 2.45) is 0 Å². The molecule has 1 heterocycles. The Morgan fingerprint density at radius 2 is 2.00 bits per heavy atom. The van der Waals surface area contributed by atoms with Gasteiger partial charge in [0.25, 0.3) is 5.91 Å². The maximum absolute atomic E-state index is 12.3. The first-order valence-electron chi connectivity index (χ1n) is 7.81. The van der Waals surface area contributed by atoms with Gasteiger partial charge in [-0.25, -0.2) is 13.1 Å².